The van der Waals surface area contributed by atoms with E-state index in [4.69, 9.17) is 25.8 Å². The highest BCUT2D eigenvalue weighted by Gasteiger charge is 2.49. The third kappa shape index (κ3) is 8.03. The SMILES string of the molecule is CO[C@@]1(CN(C)CCN2CCOCC2)/C=C/C[C@H](C)[C@@H](C)S(=O)(=O)NC(=O)c2ccc3c(c2)N(C[C@@H]2CC[C@H]21)C[C@@]1(CCCc2cc(Cl)ccc21)CO3. The first-order valence-corrected chi connectivity index (χ1v) is 21.4. The highest BCUT2D eigenvalue weighted by Crippen LogP contribution is 2.49. The van der Waals surface area contributed by atoms with Gasteiger partial charge in [-0.2, -0.15) is 0 Å². The van der Waals surface area contributed by atoms with E-state index < -0.39 is 26.8 Å². The van der Waals surface area contributed by atoms with Crippen molar-refractivity contribution in [2.24, 2.45) is 17.8 Å². The first-order valence-electron chi connectivity index (χ1n) is 19.5. The monoisotopic (exact) mass is 768 g/mol. The molecule has 3 aliphatic heterocycles. The number of likely N-dealkylation sites (N-methyl/N-ethyl adjacent to an activating group) is 1. The van der Waals surface area contributed by atoms with Crippen LogP contribution in [0.1, 0.15) is 67.4 Å². The molecule has 1 saturated carbocycles. The summed E-state index contributed by atoms with van der Waals surface area (Å²) < 4.78 is 48.5. The summed E-state index contributed by atoms with van der Waals surface area (Å²) in [6, 6.07) is 11.6. The van der Waals surface area contributed by atoms with E-state index in [1.807, 2.05) is 32.2 Å². The van der Waals surface area contributed by atoms with Crippen LogP contribution in [0.2, 0.25) is 5.02 Å². The Morgan fingerprint density at radius 1 is 1.11 bits per heavy atom. The van der Waals surface area contributed by atoms with Crippen molar-refractivity contribution in [2.75, 3.05) is 84.7 Å². The van der Waals surface area contributed by atoms with Crippen LogP contribution in [0.15, 0.2) is 48.6 Å². The number of hydrogen-bond donors (Lipinski definition) is 1. The number of rotatable bonds is 6. The number of benzene rings is 2. The Balaban J connectivity index is 1.26. The Bertz CT molecular complexity index is 1790. The minimum Gasteiger partial charge on any atom is -0.490 e. The molecule has 2 aromatic rings. The molecule has 0 unspecified atom stereocenters. The Kier molecular flexibility index (Phi) is 11.5. The van der Waals surface area contributed by atoms with Gasteiger partial charge >= 0.3 is 0 Å². The fraction of sp³-hybridized carbons (Fsp3) is 0.634. The van der Waals surface area contributed by atoms with Crippen molar-refractivity contribution < 1.29 is 27.4 Å². The van der Waals surface area contributed by atoms with Crippen molar-refractivity contribution in [3.63, 3.8) is 0 Å². The van der Waals surface area contributed by atoms with Crippen molar-refractivity contribution in [3.05, 3.63) is 70.3 Å². The van der Waals surface area contributed by atoms with Gasteiger partial charge in [-0.25, -0.2) is 13.1 Å². The van der Waals surface area contributed by atoms with Gasteiger partial charge in [0.25, 0.3) is 5.91 Å². The highest BCUT2D eigenvalue weighted by atomic mass is 35.5. The normalized spacial score (nSPS) is 32.5. The number of allylic oxidation sites excluding steroid dienone is 1. The lowest BCUT2D eigenvalue weighted by molar-refractivity contribution is -0.0895. The molecule has 0 radical (unpaired) electrons. The smallest absolute Gasteiger partial charge is 0.264 e. The van der Waals surface area contributed by atoms with Crippen LogP contribution < -0.4 is 14.4 Å². The molecule has 2 fully saturated rings. The predicted octanol–water partition coefficient (Wildman–Crippen LogP) is 5.53. The molecule has 10 nitrogen and oxygen atoms in total. The second-order valence-corrected chi connectivity index (χ2v) is 18.9. The summed E-state index contributed by atoms with van der Waals surface area (Å²) in [5, 5.41) is -0.0388. The number of methoxy groups -OCH3 is 1. The molecule has 1 amide bonds. The Hall–Kier alpha value is -2.67. The van der Waals surface area contributed by atoms with E-state index in [-0.39, 0.29) is 17.3 Å². The molecule has 2 aliphatic carbocycles. The molecule has 5 aliphatic rings. The number of carbonyl (C=O) groups is 1. The molecule has 7 rings (SSSR count). The number of nitrogens with one attached hydrogen (secondary N) is 1. The van der Waals surface area contributed by atoms with Crippen LogP contribution in [0.4, 0.5) is 5.69 Å². The third-order valence-corrected chi connectivity index (χ3v) is 15.2. The maximum atomic E-state index is 13.6. The Morgan fingerprint density at radius 2 is 1.92 bits per heavy atom. The molecule has 290 valence electrons. The quantitative estimate of drug-likeness (QED) is 0.381. The summed E-state index contributed by atoms with van der Waals surface area (Å²) in [7, 11) is 0.0575. The maximum absolute atomic E-state index is 13.6. The van der Waals surface area contributed by atoms with Crippen LogP contribution in [0.5, 0.6) is 5.75 Å². The predicted molar refractivity (Wildman–Crippen MR) is 210 cm³/mol. The van der Waals surface area contributed by atoms with Gasteiger partial charge in [0.15, 0.2) is 0 Å². The zero-order valence-electron chi connectivity index (χ0n) is 31.8. The number of nitrogens with zero attached hydrogens (tertiary/aromatic N) is 3. The largest absolute Gasteiger partial charge is 0.490 e. The number of amides is 1. The summed E-state index contributed by atoms with van der Waals surface area (Å²) in [5.41, 5.74) is 2.85. The van der Waals surface area contributed by atoms with Crippen LogP contribution in [-0.2, 0) is 31.3 Å². The second-order valence-electron chi connectivity index (χ2n) is 16.4. The number of ether oxygens (including phenoxy) is 3. The molecule has 1 saturated heterocycles. The van der Waals surface area contributed by atoms with Gasteiger partial charge in [0.2, 0.25) is 10.0 Å². The molecule has 1 spiro atoms. The zero-order chi connectivity index (χ0) is 37.4. The lowest BCUT2D eigenvalue weighted by atomic mass is 9.63. The summed E-state index contributed by atoms with van der Waals surface area (Å²) >= 11 is 6.50. The molecule has 2 aromatic carbocycles. The lowest BCUT2D eigenvalue weighted by Gasteiger charge is -2.51. The fourth-order valence-corrected chi connectivity index (χ4v) is 10.9. The number of hydrogen-bond acceptors (Lipinski definition) is 9. The lowest BCUT2D eigenvalue weighted by Crippen LogP contribution is -2.57. The van der Waals surface area contributed by atoms with Crippen molar-refractivity contribution in [3.8, 4) is 5.75 Å². The van der Waals surface area contributed by atoms with E-state index in [0.717, 1.165) is 95.3 Å². The third-order valence-electron chi connectivity index (χ3n) is 13.0. The van der Waals surface area contributed by atoms with E-state index >= 15 is 0 Å². The van der Waals surface area contributed by atoms with Gasteiger partial charge in [-0.3, -0.25) is 9.69 Å². The molecule has 53 heavy (non-hydrogen) atoms. The molecular formula is C41H57ClN4O6S. The van der Waals surface area contributed by atoms with Crippen molar-refractivity contribution in [1.82, 2.24) is 14.5 Å². The van der Waals surface area contributed by atoms with E-state index in [1.165, 1.54) is 11.1 Å². The molecular weight excluding hydrogens is 712 g/mol. The Labute approximate surface area is 321 Å². The maximum Gasteiger partial charge on any atom is 0.264 e. The van der Waals surface area contributed by atoms with E-state index in [2.05, 4.69) is 50.8 Å². The summed E-state index contributed by atoms with van der Waals surface area (Å²) in [5.74, 6) is 0.431. The number of fused-ring (bicyclic) bond motifs is 4. The molecule has 6 atom stereocenters. The van der Waals surface area contributed by atoms with Crippen LogP contribution in [0.3, 0.4) is 0 Å². The van der Waals surface area contributed by atoms with Gasteiger partial charge in [-0.15, -0.1) is 0 Å². The first-order chi connectivity index (χ1) is 25.4. The van der Waals surface area contributed by atoms with Gasteiger partial charge in [-0.05, 0) is 112 Å². The van der Waals surface area contributed by atoms with Crippen molar-refractivity contribution >= 4 is 33.2 Å². The second kappa shape index (κ2) is 15.8. The molecule has 12 heteroatoms. The number of aryl methyl sites for hydroxylation is 1. The molecule has 1 N–H and O–H groups in total. The van der Waals surface area contributed by atoms with Gasteiger partial charge in [-0.1, -0.05) is 36.7 Å². The van der Waals surface area contributed by atoms with Crippen LogP contribution >= 0.6 is 11.6 Å². The fourth-order valence-electron chi connectivity index (χ4n) is 9.45. The van der Waals surface area contributed by atoms with Crippen LogP contribution in [0, 0.1) is 17.8 Å². The molecule has 3 heterocycles. The van der Waals surface area contributed by atoms with E-state index in [9.17, 15) is 13.2 Å². The van der Waals surface area contributed by atoms with Crippen LogP contribution in [-0.4, -0.2) is 115 Å². The van der Waals surface area contributed by atoms with Gasteiger partial charge < -0.3 is 24.0 Å². The van der Waals surface area contributed by atoms with E-state index in [1.54, 1.807) is 13.0 Å². The van der Waals surface area contributed by atoms with Gasteiger partial charge in [0.1, 0.15) is 11.4 Å². The number of halogens is 1. The number of carbonyl (C=O) groups excluding carboxylic acids is 1. The Morgan fingerprint density at radius 3 is 2.68 bits per heavy atom. The number of sulfonamides is 1. The highest BCUT2D eigenvalue weighted by molar-refractivity contribution is 7.90. The number of anilines is 1. The first kappa shape index (κ1) is 38.6. The number of morpholine rings is 1. The van der Waals surface area contributed by atoms with Gasteiger partial charge in [0, 0.05) is 68.9 Å². The zero-order valence-corrected chi connectivity index (χ0v) is 33.4. The summed E-state index contributed by atoms with van der Waals surface area (Å²) in [6.45, 7) is 11.7. The minimum absolute atomic E-state index is 0.226. The van der Waals surface area contributed by atoms with Crippen molar-refractivity contribution in [1.29, 1.82) is 0 Å². The summed E-state index contributed by atoms with van der Waals surface area (Å²) in [6.07, 6.45) is 9.99. The van der Waals surface area contributed by atoms with Crippen molar-refractivity contribution in [2.45, 2.75) is 68.6 Å². The molecule has 2 bridgehead atoms. The average molecular weight is 769 g/mol. The summed E-state index contributed by atoms with van der Waals surface area (Å²) in [4.78, 5) is 20.9. The van der Waals surface area contributed by atoms with E-state index in [0.29, 0.717) is 36.8 Å². The van der Waals surface area contributed by atoms with Gasteiger partial charge in [0.05, 0.1) is 30.8 Å². The minimum atomic E-state index is -3.96. The molecule has 0 aromatic heterocycles. The topological polar surface area (TPSA) is 101 Å². The standard InChI is InChI=1S/C41H57ClN4O6S/c1-29-7-5-16-41(50-4,27-44(3)17-18-45-19-21-51-22-20-45)36-12-9-33(36)25-46-26-40(15-6-8-31-23-34(42)11-13-35(31)40)28-52-38-14-10-32(24-37(38)46)39(47)43-53(48,49)30(29)2/h5,10-11,13-14,16,23-24,29-30,33,36H,6-9,12,15,17-22,25-28H2,1-4H3,(H,43,47)/b16-5+/t29-,30+,33-,36+,40-,41+/m0/s1. The van der Waals surface area contributed by atoms with Crippen LogP contribution in [0.25, 0.3) is 0 Å². The average Bonchev–Trinajstić information content (AvgIpc) is 3.28.